The van der Waals surface area contributed by atoms with Gasteiger partial charge >= 0.3 is 0 Å². The number of ether oxygens (including phenoxy) is 1. The van der Waals surface area contributed by atoms with Gasteiger partial charge in [0.15, 0.2) is 0 Å². The molecule has 2 rings (SSSR count). The van der Waals surface area contributed by atoms with E-state index in [9.17, 15) is 0 Å². The monoisotopic (exact) mass is 191 g/mol. The molecule has 1 fully saturated rings. The molecule has 1 aromatic carbocycles. The minimum atomic E-state index is 0.242. The molecule has 76 valence electrons. The fourth-order valence-electron chi connectivity index (χ4n) is 2.09. The summed E-state index contributed by atoms with van der Waals surface area (Å²) < 4.78 is 5.15. The summed E-state index contributed by atoms with van der Waals surface area (Å²) in [6.45, 7) is 3.37. The van der Waals surface area contributed by atoms with Gasteiger partial charge in [0.25, 0.3) is 0 Å². The minimum Gasteiger partial charge on any atom is -0.497 e. The van der Waals surface area contributed by atoms with Gasteiger partial charge in [0.05, 0.1) is 7.11 Å². The van der Waals surface area contributed by atoms with Crippen LogP contribution in [0.15, 0.2) is 24.3 Å². The third-order valence-corrected chi connectivity index (χ3v) is 3.26. The van der Waals surface area contributed by atoms with E-state index in [4.69, 9.17) is 4.74 Å². The Morgan fingerprint density at radius 2 is 2.00 bits per heavy atom. The molecule has 0 saturated carbocycles. The quantitative estimate of drug-likeness (QED) is 0.791. The van der Waals surface area contributed by atoms with Crippen molar-refractivity contribution < 1.29 is 4.74 Å². The van der Waals surface area contributed by atoms with Crippen molar-refractivity contribution in [3.8, 4) is 5.75 Å². The lowest BCUT2D eigenvalue weighted by Crippen LogP contribution is -2.53. The average molecular weight is 191 g/mol. The highest BCUT2D eigenvalue weighted by molar-refractivity contribution is 5.33. The second-order valence-corrected chi connectivity index (χ2v) is 3.84. The van der Waals surface area contributed by atoms with Gasteiger partial charge in [-0.2, -0.15) is 0 Å². The average Bonchev–Trinajstić information content (AvgIpc) is 2.18. The van der Waals surface area contributed by atoms with Crippen molar-refractivity contribution >= 4 is 0 Å². The van der Waals surface area contributed by atoms with E-state index in [1.807, 2.05) is 12.1 Å². The first-order valence-corrected chi connectivity index (χ1v) is 5.20. The van der Waals surface area contributed by atoms with Crippen molar-refractivity contribution in [1.82, 2.24) is 5.32 Å². The molecule has 0 spiro atoms. The van der Waals surface area contributed by atoms with Crippen LogP contribution in [0.3, 0.4) is 0 Å². The second-order valence-electron chi connectivity index (χ2n) is 3.84. The number of benzene rings is 1. The highest BCUT2D eigenvalue weighted by Gasteiger charge is 2.35. The number of methoxy groups -OCH3 is 1. The first-order valence-electron chi connectivity index (χ1n) is 5.20. The molecule has 1 N–H and O–H groups in total. The summed E-state index contributed by atoms with van der Waals surface area (Å²) in [4.78, 5) is 0. The van der Waals surface area contributed by atoms with Gasteiger partial charge in [0.1, 0.15) is 5.75 Å². The molecule has 1 atom stereocenters. The molecule has 2 heteroatoms. The molecule has 0 bridgehead atoms. The summed E-state index contributed by atoms with van der Waals surface area (Å²) in [5, 5.41) is 3.52. The van der Waals surface area contributed by atoms with Crippen LogP contribution in [-0.2, 0) is 5.54 Å². The fraction of sp³-hybridized carbons (Fsp3) is 0.500. The van der Waals surface area contributed by atoms with Gasteiger partial charge in [0.2, 0.25) is 0 Å². The smallest absolute Gasteiger partial charge is 0.118 e. The second kappa shape index (κ2) is 3.62. The van der Waals surface area contributed by atoms with Crippen LogP contribution >= 0.6 is 0 Å². The molecular weight excluding hydrogens is 174 g/mol. The van der Waals surface area contributed by atoms with Crippen LogP contribution in [0.5, 0.6) is 5.75 Å². The van der Waals surface area contributed by atoms with E-state index in [2.05, 4.69) is 24.4 Å². The van der Waals surface area contributed by atoms with Gasteiger partial charge in [-0.1, -0.05) is 19.1 Å². The predicted molar refractivity (Wildman–Crippen MR) is 57.6 cm³/mol. The molecule has 1 aromatic rings. The molecule has 1 aliphatic rings. The Hall–Kier alpha value is -1.02. The number of rotatable bonds is 3. The van der Waals surface area contributed by atoms with Crippen LogP contribution in [0.25, 0.3) is 0 Å². The third kappa shape index (κ3) is 1.40. The highest BCUT2D eigenvalue weighted by Crippen LogP contribution is 2.34. The zero-order valence-corrected chi connectivity index (χ0v) is 8.84. The normalized spacial score (nSPS) is 25.6. The lowest BCUT2D eigenvalue weighted by atomic mass is 9.79. The standard InChI is InChI=1S/C12H17NO/c1-3-12(8-9-13-12)10-4-6-11(14-2)7-5-10/h4-7,13H,3,8-9H2,1-2H3. The number of nitrogens with one attached hydrogen (secondary N) is 1. The van der Waals surface area contributed by atoms with Crippen molar-refractivity contribution in [3.63, 3.8) is 0 Å². The minimum absolute atomic E-state index is 0.242. The fourth-order valence-corrected chi connectivity index (χ4v) is 2.09. The van der Waals surface area contributed by atoms with E-state index < -0.39 is 0 Å². The SMILES string of the molecule is CCC1(c2ccc(OC)cc2)CCN1. The van der Waals surface area contributed by atoms with E-state index in [1.165, 1.54) is 12.0 Å². The molecular formula is C12H17NO. The maximum atomic E-state index is 5.15. The zero-order valence-electron chi connectivity index (χ0n) is 8.84. The Bertz CT molecular complexity index is 295. The molecule has 0 radical (unpaired) electrons. The summed E-state index contributed by atoms with van der Waals surface area (Å²) in [5.74, 6) is 0.930. The molecule has 1 saturated heterocycles. The van der Waals surface area contributed by atoms with Crippen LogP contribution in [-0.4, -0.2) is 13.7 Å². The van der Waals surface area contributed by atoms with Crippen molar-refractivity contribution in [1.29, 1.82) is 0 Å². The van der Waals surface area contributed by atoms with E-state index in [-0.39, 0.29) is 5.54 Å². The zero-order chi connectivity index (χ0) is 10.0. The first-order chi connectivity index (χ1) is 6.80. The van der Waals surface area contributed by atoms with E-state index in [0.29, 0.717) is 0 Å². The molecule has 0 aromatic heterocycles. The third-order valence-electron chi connectivity index (χ3n) is 3.26. The summed E-state index contributed by atoms with van der Waals surface area (Å²) >= 11 is 0. The van der Waals surface area contributed by atoms with Gasteiger partial charge in [-0.15, -0.1) is 0 Å². The summed E-state index contributed by atoms with van der Waals surface area (Å²) in [6, 6.07) is 8.39. The van der Waals surface area contributed by atoms with Crippen LogP contribution in [0.2, 0.25) is 0 Å². The number of hydrogen-bond acceptors (Lipinski definition) is 2. The Morgan fingerprint density at radius 1 is 1.36 bits per heavy atom. The van der Waals surface area contributed by atoms with Crippen molar-refractivity contribution in [2.45, 2.75) is 25.3 Å². The highest BCUT2D eigenvalue weighted by atomic mass is 16.5. The summed E-state index contributed by atoms with van der Waals surface area (Å²) in [7, 11) is 1.70. The van der Waals surface area contributed by atoms with Gasteiger partial charge < -0.3 is 10.1 Å². The molecule has 0 amide bonds. The lowest BCUT2D eigenvalue weighted by Gasteiger charge is -2.43. The summed E-state index contributed by atoms with van der Waals surface area (Å²) in [5.41, 5.74) is 1.62. The Labute approximate surface area is 85.3 Å². The predicted octanol–water partition coefficient (Wildman–Crippen LogP) is 2.29. The van der Waals surface area contributed by atoms with Crippen LogP contribution in [0.4, 0.5) is 0 Å². The first kappa shape index (κ1) is 9.53. The molecule has 1 heterocycles. The van der Waals surface area contributed by atoms with Crippen molar-refractivity contribution in [2.24, 2.45) is 0 Å². The summed E-state index contributed by atoms with van der Waals surface area (Å²) in [6.07, 6.45) is 2.40. The Morgan fingerprint density at radius 3 is 2.36 bits per heavy atom. The Balaban J connectivity index is 2.23. The lowest BCUT2D eigenvalue weighted by molar-refractivity contribution is 0.201. The van der Waals surface area contributed by atoms with Crippen LogP contribution < -0.4 is 10.1 Å². The Kier molecular flexibility index (Phi) is 2.46. The van der Waals surface area contributed by atoms with Crippen LogP contribution in [0.1, 0.15) is 25.3 Å². The van der Waals surface area contributed by atoms with Gasteiger partial charge in [0, 0.05) is 5.54 Å². The molecule has 2 nitrogen and oxygen atoms in total. The van der Waals surface area contributed by atoms with Crippen LogP contribution in [0, 0.1) is 0 Å². The molecule has 0 aliphatic carbocycles. The van der Waals surface area contributed by atoms with Crippen molar-refractivity contribution in [2.75, 3.05) is 13.7 Å². The number of hydrogen-bond donors (Lipinski definition) is 1. The van der Waals surface area contributed by atoms with E-state index >= 15 is 0 Å². The van der Waals surface area contributed by atoms with E-state index in [0.717, 1.165) is 18.7 Å². The van der Waals surface area contributed by atoms with Gasteiger partial charge in [-0.3, -0.25) is 0 Å². The molecule has 1 aliphatic heterocycles. The molecule has 1 unspecified atom stereocenters. The molecule has 14 heavy (non-hydrogen) atoms. The topological polar surface area (TPSA) is 21.3 Å². The maximum absolute atomic E-state index is 5.15. The maximum Gasteiger partial charge on any atom is 0.118 e. The van der Waals surface area contributed by atoms with Gasteiger partial charge in [-0.05, 0) is 37.1 Å². The van der Waals surface area contributed by atoms with Crippen molar-refractivity contribution in [3.05, 3.63) is 29.8 Å². The van der Waals surface area contributed by atoms with Gasteiger partial charge in [-0.25, -0.2) is 0 Å². The largest absolute Gasteiger partial charge is 0.497 e. The van der Waals surface area contributed by atoms with E-state index in [1.54, 1.807) is 7.11 Å².